The summed E-state index contributed by atoms with van der Waals surface area (Å²) in [6.45, 7) is 0.352. The maximum atomic E-state index is 12.9. The van der Waals surface area contributed by atoms with Crippen molar-refractivity contribution >= 4 is 23.6 Å². The number of nitrogens with one attached hydrogen (secondary N) is 1. The average Bonchev–Trinajstić information content (AvgIpc) is 2.82. The van der Waals surface area contributed by atoms with Crippen molar-refractivity contribution in [1.29, 1.82) is 0 Å². The third-order valence-corrected chi connectivity index (χ3v) is 5.78. The minimum Gasteiger partial charge on any atom is -0.479 e. The number of nitrogens with two attached hydrogens (primary N) is 1. The third-order valence-electron chi connectivity index (χ3n) is 5.17. The van der Waals surface area contributed by atoms with Crippen LogP contribution in [0.5, 0.6) is 0 Å². The Kier molecular flexibility index (Phi) is 7.44. The fraction of sp³-hybridized carbons (Fsp3) is 0.208. The fourth-order valence-electron chi connectivity index (χ4n) is 3.45. The quantitative estimate of drug-likeness (QED) is 0.474. The van der Waals surface area contributed by atoms with Crippen LogP contribution in [-0.2, 0) is 16.9 Å². The van der Waals surface area contributed by atoms with Crippen LogP contribution >= 0.6 is 11.8 Å². The summed E-state index contributed by atoms with van der Waals surface area (Å²) in [6, 6.07) is 19.5. The molecule has 0 spiro atoms. The molecular formula is C24H25N3O3S. The monoisotopic (exact) mass is 435 g/mol. The van der Waals surface area contributed by atoms with Gasteiger partial charge in [-0.1, -0.05) is 48.5 Å². The number of nitrogens with zero attached hydrogens (tertiary/aromatic N) is 1. The number of carbonyl (C=O) groups excluding carboxylic acids is 1. The van der Waals surface area contributed by atoms with Gasteiger partial charge in [-0.15, -0.1) is 0 Å². The van der Waals surface area contributed by atoms with E-state index in [9.17, 15) is 14.7 Å². The lowest BCUT2D eigenvalue weighted by Crippen LogP contribution is -2.52. The molecule has 0 fully saturated rings. The molecule has 1 unspecified atom stereocenters. The van der Waals surface area contributed by atoms with Crippen LogP contribution in [0.1, 0.15) is 27.9 Å². The molecule has 1 heterocycles. The summed E-state index contributed by atoms with van der Waals surface area (Å²) in [5.74, 6) is -0.955. The number of pyridine rings is 1. The molecule has 0 aliphatic carbocycles. The van der Waals surface area contributed by atoms with E-state index in [1.807, 2.05) is 30.5 Å². The highest BCUT2D eigenvalue weighted by atomic mass is 32.2. The fourth-order valence-corrected chi connectivity index (χ4v) is 3.96. The molecule has 3 rings (SSSR count). The molecule has 31 heavy (non-hydrogen) atoms. The van der Waals surface area contributed by atoms with Gasteiger partial charge < -0.3 is 16.2 Å². The van der Waals surface area contributed by atoms with Crippen molar-refractivity contribution in [3.63, 3.8) is 0 Å². The first-order valence-corrected chi connectivity index (χ1v) is 11.3. The summed E-state index contributed by atoms with van der Waals surface area (Å²) < 4.78 is 0. The number of carbonyl (C=O) groups is 2. The molecule has 0 saturated heterocycles. The molecule has 4 N–H and O–H groups in total. The highest BCUT2D eigenvalue weighted by Crippen LogP contribution is 2.30. The molecule has 1 atom stereocenters. The molecule has 6 nitrogen and oxygen atoms in total. The van der Waals surface area contributed by atoms with Gasteiger partial charge in [0, 0.05) is 23.9 Å². The molecule has 0 bridgehead atoms. The van der Waals surface area contributed by atoms with Crippen LogP contribution in [-0.4, -0.2) is 34.0 Å². The number of amides is 1. The van der Waals surface area contributed by atoms with E-state index in [1.54, 1.807) is 48.7 Å². The second-order valence-electron chi connectivity index (χ2n) is 7.07. The normalized spacial score (nSPS) is 12.7. The first-order chi connectivity index (χ1) is 15.0. The number of rotatable bonds is 9. The summed E-state index contributed by atoms with van der Waals surface area (Å²) in [4.78, 5) is 29.8. The van der Waals surface area contributed by atoms with Crippen LogP contribution in [0.25, 0.3) is 11.3 Å². The summed E-state index contributed by atoms with van der Waals surface area (Å²) >= 11 is 1.53. The smallest absolute Gasteiger partial charge is 0.334 e. The van der Waals surface area contributed by atoms with E-state index in [2.05, 4.69) is 10.3 Å². The molecule has 1 amide bonds. The molecule has 0 radical (unpaired) electrons. The molecule has 1 aromatic heterocycles. The molecular weight excluding hydrogens is 410 g/mol. The Morgan fingerprint density at radius 2 is 1.77 bits per heavy atom. The summed E-state index contributed by atoms with van der Waals surface area (Å²) in [7, 11) is 0. The molecule has 3 aromatic rings. The van der Waals surface area contributed by atoms with Crippen LogP contribution in [0.4, 0.5) is 0 Å². The van der Waals surface area contributed by atoms with Crippen molar-refractivity contribution in [2.75, 3.05) is 12.0 Å². The number of carboxylic acids is 1. The van der Waals surface area contributed by atoms with E-state index in [0.29, 0.717) is 23.4 Å². The molecule has 160 valence electrons. The van der Waals surface area contributed by atoms with Crippen LogP contribution in [0, 0.1) is 0 Å². The van der Waals surface area contributed by atoms with Crippen LogP contribution in [0.2, 0.25) is 0 Å². The number of carboxylic acid groups (broad SMARTS) is 1. The maximum absolute atomic E-state index is 12.9. The topological polar surface area (TPSA) is 105 Å². The summed E-state index contributed by atoms with van der Waals surface area (Å²) in [5, 5.41) is 13.0. The molecule has 0 aliphatic heterocycles. The van der Waals surface area contributed by atoms with Crippen molar-refractivity contribution in [1.82, 2.24) is 10.3 Å². The van der Waals surface area contributed by atoms with Gasteiger partial charge >= 0.3 is 5.97 Å². The number of aromatic nitrogens is 1. The van der Waals surface area contributed by atoms with Crippen molar-refractivity contribution in [2.45, 2.75) is 18.5 Å². The predicted octanol–water partition coefficient (Wildman–Crippen LogP) is 3.67. The second-order valence-corrected chi connectivity index (χ2v) is 8.05. The lowest BCUT2D eigenvalue weighted by atomic mass is 9.85. The van der Waals surface area contributed by atoms with E-state index < -0.39 is 17.4 Å². The first kappa shape index (κ1) is 22.5. The predicted molar refractivity (Wildman–Crippen MR) is 124 cm³/mol. The number of hydrogen-bond donors (Lipinski definition) is 3. The van der Waals surface area contributed by atoms with Gasteiger partial charge in [-0.05, 0) is 47.8 Å². The van der Waals surface area contributed by atoms with E-state index in [1.165, 1.54) is 11.8 Å². The van der Waals surface area contributed by atoms with Crippen molar-refractivity contribution in [2.24, 2.45) is 5.73 Å². The Balaban J connectivity index is 2.00. The SMILES string of the molecule is CSCCC(NC(=O)c1ccccc1)(C(=O)O)c1ccc(-c2ncccc2CN)cc1. The Hall–Kier alpha value is -3.16. The first-order valence-electron chi connectivity index (χ1n) is 9.86. The van der Waals surface area contributed by atoms with Gasteiger partial charge in [-0.25, -0.2) is 4.79 Å². The van der Waals surface area contributed by atoms with Gasteiger partial charge in [0.2, 0.25) is 0 Å². The largest absolute Gasteiger partial charge is 0.479 e. The van der Waals surface area contributed by atoms with E-state index in [4.69, 9.17) is 5.73 Å². The highest BCUT2D eigenvalue weighted by Gasteiger charge is 2.41. The van der Waals surface area contributed by atoms with Gasteiger partial charge in [0.15, 0.2) is 5.54 Å². The van der Waals surface area contributed by atoms with Crippen LogP contribution in [0.3, 0.4) is 0 Å². The molecule has 2 aromatic carbocycles. The van der Waals surface area contributed by atoms with Gasteiger partial charge in [0.1, 0.15) is 0 Å². The van der Waals surface area contributed by atoms with E-state index in [0.717, 1.165) is 16.8 Å². The number of benzene rings is 2. The van der Waals surface area contributed by atoms with Crippen molar-refractivity contribution in [3.05, 3.63) is 89.6 Å². The highest BCUT2D eigenvalue weighted by molar-refractivity contribution is 7.98. The van der Waals surface area contributed by atoms with Gasteiger partial charge in [0.05, 0.1) is 5.69 Å². The van der Waals surface area contributed by atoms with Gasteiger partial charge in [-0.3, -0.25) is 9.78 Å². The zero-order chi connectivity index (χ0) is 22.3. The Morgan fingerprint density at radius 1 is 1.06 bits per heavy atom. The zero-order valence-corrected chi connectivity index (χ0v) is 18.1. The summed E-state index contributed by atoms with van der Waals surface area (Å²) in [6.07, 6.45) is 3.85. The average molecular weight is 436 g/mol. The Labute approximate surface area is 185 Å². The van der Waals surface area contributed by atoms with E-state index in [-0.39, 0.29) is 6.42 Å². The summed E-state index contributed by atoms with van der Waals surface area (Å²) in [5.41, 5.74) is 7.69. The number of aliphatic carboxylic acids is 1. The third kappa shape index (κ3) is 4.95. The zero-order valence-electron chi connectivity index (χ0n) is 17.2. The van der Waals surface area contributed by atoms with Gasteiger partial charge in [0.25, 0.3) is 5.91 Å². The standard InChI is InChI=1S/C24H25N3O3S/c1-31-15-13-24(23(29)30,27-22(28)18-6-3-2-4-7-18)20-11-9-17(10-12-20)21-19(16-25)8-5-14-26-21/h2-12,14H,13,15-16,25H2,1H3,(H,27,28)(H,29,30). The minimum absolute atomic E-state index is 0.249. The van der Waals surface area contributed by atoms with E-state index >= 15 is 0 Å². The van der Waals surface area contributed by atoms with Crippen molar-refractivity contribution in [3.8, 4) is 11.3 Å². The molecule has 0 aliphatic rings. The van der Waals surface area contributed by atoms with Crippen molar-refractivity contribution < 1.29 is 14.7 Å². The Morgan fingerprint density at radius 3 is 2.39 bits per heavy atom. The van der Waals surface area contributed by atoms with Crippen LogP contribution in [0.15, 0.2) is 72.9 Å². The molecule has 7 heteroatoms. The lowest BCUT2D eigenvalue weighted by Gasteiger charge is -2.31. The second kappa shape index (κ2) is 10.2. The molecule has 0 saturated carbocycles. The maximum Gasteiger partial charge on any atom is 0.334 e. The number of thioether (sulfide) groups is 1. The lowest BCUT2D eigenvalue weighted by molar-refractivity contribution is -0.145. The minimum atomic E-state index is -1.55. The Bertz CT molecular complexity index is 1040. The number of hydrogen-bond acceptors (Lipinski definition) is 5. The van der Waals surface area contributed by atoms with Crippen LogP contribution < -0.4 is 11.1 Å². The van der Waals surface area contributed by atoms with Gasteiger partial charge in [-0.2, -0.15) is 11.8 Å².